The van der Waals surface area contributed by atoms with Gasteiger partial charge in [-0.2, -0.15) is 39.5 Å². The van der Waals surface area contributed by atoms with Crippen LogP contribution in [0.5, 0.6) is 0 Å². The van der Waals surface area contributed by atoms with E-state index in [2.05, 4.69) is 97.1 Å². The Balaban J connectivity index is 0.000000128. The monoisotopic (exact) mass is 2030 g/mol. The average Bonchev–Trinajstić information content (AvgIpc) is 1.58. The van der Waals surface area contributed by atoms with E-state index in [9.17, 15) is 96.6 Å². The van der Waals surface area contributed by atoms with Gasteiger partial charge in [-0.25, -0.2) is 57.1 Å². The van der Waals surface area contributed by atoms with Crippen molar-refractivity contribution in [3.05, 3.63) is 516 Å². The zero-order chi connectivity index (χ0) is 99.3. The van der Waals surface area contributed by atoms with Crippen LogP contribution in [0.15, 0.2) is 477 Å². The van der Waals surface area contributed by atoms with Crippen LogP contribution < -0.4 is 0 Å². The Morgan fingerprint density at radius 1 is 0.164 bits per heavy atom. The molecule has 2 aromatic heterocycles. The van der Waals surface area contributed by atoms with Crippen LogP contribution >= 0.6 is 20.9 Å². The minimum Gasteiger partial charge on any atom is -0.207 e. The lowest BCUT2D eigenvalue weighted by molar-refractivity contribution is -0.143. The van der Waals surface area contributed by atoms with Gasteiger partial charge in [-0.1, -0.05) is 91.0 Å². The van der Waals surface area contributed by atoms with Gasteiger partial charge < -0.3 is 0 Å². The first kappa shape index (κ1) is 101. The second kappa shape index (κ2) is 44.6. The summed E-state index contributed by atoms with van der Waals surface area (Å²) in [6.07, 6.45) is -14.9. The minimum atomic E-state index is -5.08. The van der Waals surface area contributed by atoms with Crippen molar-refractivity contribution in [3.8, 4) is 9.79 Å². The summed E-state index contributed by atoms with van der Waals surface area (Å²) in [5.74, 6) is -7.30. The lowest BCUT2D eigenvalue weighted by Gasteiger charge is -2.16. The third-order valence-electron chi connectivity index (χ3n) is 20.9. The number of aryl methyl sites for hydroxylation is 1. The molecule has 28 heteroatoms. The van der Waals surface area contributed by atoms with Gasteiger partial charge in [0.1, 0.15) is 75.6 Å². The summed E-state index contributed by atoms with van der Waals surface area (Å²) in [6, 6.07) is 108. The number of thiophene rings is 2. The standard InChI is InChI=1S/C22H14F9S.C18H9F6S.C18H12F3S.C18H13F2S.2C18H12FS/c1-13-7-14(20(23,24)25)10-18(8-13)32(17-5-3-2-4-6-17)19-11-15(21(26,27)28)9-16(12-19)22(29,30)31;19-10-1-11(20)5-16(4-10)25(17-6-12(21)2-13(22)7-17)18-8-14(23)3-15(24)9-18;19-13-1-7-16(8-2-13)22(17-9-3-14(20)4-10-17)18-11-5-15(21)6-12-18;19-14-6-10-17(11-7-14)21(16-4-2-1-3-5-16)18-12-8-15(20)9-13-18;19-13-6-5-7-14(12-13)20-17-10-3-1-8-15(17)16-9-2-4-11-18(16)20;19-13-9-11-14(12-10-13)20-17-7-3-1-5-15(17)16-6-2-4-8-18(16)20/h2-12H,1H3;1-9H;1-12H;1-13H;2*1-12H/q6*+1. The van der Waals surface area contributed by atoms with Crippen LogP contribution in [-0.4, -0.2) is 0 Å². The van der Waals surface area contributed by atoms with E-state index in [0.29, 0.717) is 30.3 Å². The van der Waals surface area contributed by atoms with Gasteiger partial charge in [0.05, 0.1) is 60.3 Å². The van der Waals surface area contributed by atoms with Gasteiger partial charge in [-0.3, -0.25) is 0 Å². The summed E-state index contributed by atoms with van der Waals surface area (Å²) in [5.41, 5.74) is -3.92. The number of halogens is 22. The van der Waals surface area contributed by atoms with E-state index < -0.39 is 108 Å². The SMILES string of the molecule is Cc1cc([S+](c2ccccc2)c2cc(C(F)(F)F)cc(C(F)(F)F)c2)cc(C(F)(F)F)c1.Fc1cc(F)cc([S+](c2cc(F)cc(F)c2)c2cc(F)cc(F)c2)c1.Fc1ccc(-[s+]2c3ccccc3c3ccccc32)cc1.Fc1ccc([S+](c2ccc(F)cc2)c2ccc(F)cc2)cc1.Fc1ccc([S+](c2ccccc2)c2ccc(F)cc2)cc1.Fc1cccc(-[s+]2c3ccccc3c3ccccc32)c1. The molecule has 20 rings (SSSR count). The third kappa shape index (κ3) is 25.1. The van der Waals surface area contributed by atoms with Crippen molar-refractivity contribution in [2.45, 2.75) is 84.2 Å². The van der Waals surface area contributed by atoms with E-state index in [0.717, 1.165) is 82.8 Å². The Labute approximate surface area is 806 Å². The lowest BCUT2D eigenvalue weighted by Crippen LogP contribution is -2.15. The highest BCUT2D eigenvalue weighted by Crippen LogP contribution is 2.51. The highest BCUT2D eigenvalue weighted by atomic mass is 32.2. The van der Waals surface area contributed by atoms with E-state index in [-0.39, 0.29) is 109 Å². The second-order valence-electron chi connectivity index (χ2n) is 30.7. The van der Waals surface area contributed by atoms with Crippen molar-refractivity contribution in [2.75, 3.05) is 0 Å². The van der Waals surface area contributed by atoms with Gasteiger partial charge in [-0.15, -0.1) is 0 Å². The molecular weight excluding hydrogens is 1960 g/mol. The van der Waals surface area contributed by atoms with Crippen LogP contribution in [0.1, 0.15) is 22.3 Å². The first-order chi connectivity index (χ1) is 67.0. The summed E-state index contributed by atoms with van der Waals surface area (Å²) in [7, 11) is -4.39. The molecule has 0 bridgehead atoms. The van der Waals surface area contributed by atoms with Crippen molar-refractivity contribution in [3.63, 3.8) is 0 Å². The topological polar surface area (TPSA) is 0 Å². The van der Waals surface area contributed by atoms with Gasteiger partial charge in [0.25, 0.3) is 0 Å². The Morgan fingerprint density at radius 3 is 0.679 bits per heavy atom. The Kier molecular flexibility index (Phi) is 32.1. The van der Waals surface area contributed by atoms with Crippen LogP contribution in [-0.2, 0) is 62.1 Å². The Bertz CT molecular complexity index is 7200. The quantitative estimate of drug-likeness (QED) is 0.0752. The smallest absolute Gasteiger partial charge is 0.207 e. The highest BCUT2D eigenvalue weighted by molar-refractivity contribution is 7.98. The molecule has 140 heavy (non-hydrogen) atoms. The molecule has 0 nitrogen and oxygen atoms in total. The van der Waals surface area contributed by atoms with Gasteiger partial charge in [0.15, 0.2) is 87.3 Å². The summed E-state index contributed by atoms with van der Waals surface area (Å²) in [5, 5.41) is 5.15. The molecule has 1 unspecified atom stereocenters. The van der Waals surface area contributed by atoms with E-state index in [4.69, 9.17) is 0 Å². The number of rotatable bonds is 14. The summed E-state index contributed by atoms with van der Waals surface area (Å²) in [6.45, 7) is 1.37. The molecule has 0 amide bonds. The molecule has 0 fully saturated rings. The predicted octanol–water partition coefficient (Wildman–Crippen LogP) is 35.8. The maximum Gasteiger partial charge on any atom is 0.416 e. The summed E-state index contributed by atoms with van der Waals surface area (Å²) < 4.78 is 300. The molecule has 0 aliphatic heterocycles. The fourth-order valence-electron chi connectivity index (χ4n) is 15.0. The van der Waals surface area contributed by atoms with Crippen LogP contribution in [0.3, 0.4) is 0 Å². The third-order valence-corrected chi connectivity index (χ3v) is 34.3. The van der Waals surface area contributed by atoms with Gasteiger partial charge >= 0.3 is 18.5 Å². The number of hydrogen-bond acceptors (Lipinski definition) is 0. The Hall–Kier alpha value is -13.7. The Morgan fingerprint density at radius 2 is 0.393 bits per heavy atom. The molecule has 0 saturated carbocycles. The zero-order valence-corrected chi connectivity index (χ0v) is 77.5. The molecule has 0 N–H and O–H groups in total. The second-order valence-corrected chi connectivity index (χ2v) is 42.8. The zero-order valence-electron chi connectivity index (χ0n) is 72.6. The van der Waals surface area contributed by atoms with Crippen LogP contribution in [0.25, 0.3) is 50.1 Å². The predicted molar refractivity (Wildman–Crippen MR) is 516 cm³/mol. The lowest BCUT2D eigenvalue weighted by atomic mass is 10.1. The summed E-state index contributed by atoms with van der Waals surface area (Å²) >= 11 is 0. The highest BCUT2D eigenvalue weighted by Gasteiger charge is 2.43. The van der Waals surface area contributed by atoms with Crippen molar-refractivity contribution in [1.29, 1.82) is 0 Å². The van der Waals surface area contributed by atoms with Crippen LogP contribution in [0.4, 0.5) is 96.6 Å². The van der Waals surface area contributed by atoms with E-state index >= 15 is 0 Å². The van der Waals surface area contributed by atoms with Gasteiger partial charge in [0, 0.05) is 133 Å². The first-order valence-electron chi connectivity index (χ1n) is 42.1. The maximum absolute atomic E-state index is 13.6. The molecule has 1 atom stereocenters. The van der Waals surface area contributed by atoms with Crippen molar-refractivity contribution < 1.29 is 96.6 Å². The minimum absolute atomic E-state index is 0.00653. The van der Waals surface area contributed by atoms with Crippen LogP contribution in [0.2, 0.25) is 0 Å². The number of alkyl halides is 9. The van der Waals surface area contributed by atoms with E-state index in [1.807, 2.05) is 48.5 Å². The number of benzene rings is 18. The number of hydrogen-bond donors (Lipinski definition) is 0. The van der Waals surface area contributed by atoms with E-state index in [1.54, 1.807) is 91.0 Å². The van der Waals surface area contributed by atoms with Gasteiger partial charge in [0.2, 0.25) is 0 Å². The molecule has 704 valence electrons. The molecule has 20 aromatic rings. The first-order valence-corrected chi connectivity index (χ1v) is 49.5. The number of fused-ring (bicyclic) bond motifs is 6. The molecule has 0 aliphatic rings. The van der Waals surface area contributed by atoms with Crippen molar-refractivity contribution >= 4 is 105 Å². The molecule has 0 spiro atoms. The van der Waals surface area contributed by atoms with Crippen LogP contribution in [0, 0.1) is 82.5 Å². The summed E-state index contributed by atoms with van der Waals surface area (Å²) in [4.78, 5) is 7.84. The van der Waals surface area contributed by atoms with Crippen molar-refractivity contribution in [1.82, 2.24) is 0 Å². The largest absolute Gasteiger partial charge is 0.416 e. The molecular formula is C112H72F22S6+6. The fraction of sp³-hybridized carbons (Fsp3) is 0.0357. The molecule has 0 saturated heterocycles. The maximum atomic E-state index is 13.6. The van der Waals surface area contributed by atoms with E-state index in [1.165, 1.54) is 149 Å². The molecule has 2 heterocycles. The normalized spacial score (nSPS) is 11.7. The average molecular weight is 2030 g/mol. The van der Waals surface area contributed by atoms with Crippen molar-refractivity contribution in [2.24, 2.45) is 0 Å². The molecule has 0 radical (unpaired) electrons. The van der Waals surface area contributed by atoms with Gasteiger partial charge in [-0.05, 0) is 249 Å². The fourth-order valence-corrected chi connectivity index (χ4v) is 28.4. The molecule has 0 aliphatic carbocycles. The molecule has 18 aromatic carbocycles.